The van der Waals surface area contributed by atoms with Crippen LogP contribution in [0.15, 0.2) is 115 Å². The molecule has 40 heavy (non-hydrogen) atoms. The Balaban J connectivity index is 0.000000282. The smallest absolute Gasteiger partial charge is 0.376 e. The van der Waals surface area contributed by atoms with Crippen molar-refractivity contribution >= 4 is 23.3 Å². The van der Waals surface area contributed by atoms with Crippen molar-refractivity contribution in [2.45, 2.75) is 20.1 Å². The Bertz CT molecular complexity index is 1430. The van der Waals surface area contributed by atoms with Gasteiger partial charge in [0.2, 0.25) is 0 Å². The van der Waals surface area contributed by atoms with Crippen LogP contribution in [-0.2, 0) is 22.8 Å². The highest BCUT2D eigenvalue weighted by molar-refractivity contribution is 6.38. The van der Waals surface area contributed by atoms with Crippen molar-refractivity contribution in [2.24, 2.45) is 0 Å². The third kappa shape index (κ3) is 10.3. The van der Waals surface area contributed by atoms with Gasteiger partial charge < -0.3 is 19.7 Å². The first kappa shape index (κ1) is 31.0. The molecule has 0 unspecified atom stereocenters. The van der Waals surface area contributed by atoms with Crippen LogP contribution >= 0.6 is 0 Å². The average molecular weight is 545 g/mol. The van der Waals surface area contributed by atoms with Crippen molar-refractivity contribution in [3.05, 3.63) is 138 Å². The zero-order valence-corrected chi connectivity index (χ0v) is 21.7. The van der Waals surface area contributed by atoms with Crippen LogP contribution in [-0.4, -0.2) is 27.7 Å². The summed E-state index contributed by atoms with van der Waals surface area (Å²) < 4.78 is 11.2. The van der Waals surface area contributed by atoms with Gasteiger partial charge in [-0.05, 0) is 42.3 Å². The van der Waals surface area contributed by atoms with E-state index in [0.717, 1.165) is 16.9 Å². The molecule has 206 valence electrons. The lowest BCUT2D eigenvalue weighted by Crippen LogP contribution is -2.09. The van der Waals surface area contributed by atoms with Crippen LogP contribution in [0.5, 0.6) is 11.5 Å². The fraction of sp³-hybridized carbons (Fsp3) is 0.0938. The maximum atomic E-state index is 11.2. The number of aliphatic hydroxyl groups is 1. The summed E-state index contributed by atoms with van der Waals surface area (Å²) >= 11 is 0. The predicted octanol–water partition coefficient (Wildman–Crippen LogP) is 6.44. The molecule has 0 saturated heterocycles. The summed E-state index contributed by atoms with van der Waals surface area (Å²) in [5, 5.41) is 18.3. The number of carbonyl (C=O) groups is 3. The normalized spacial score (nSPS) is 10.3. The Kier molecular flexibility index (Phi) is 12.3. The monoisotopic (exact) mass is 544 g/mol. The summed E-state index contributed by atoms with van der Waals surface area (Å²) in [6.45, 7) is 2.43. The van der Waals surface area contributed by atoms with Crippen molar-refractivity contribution < 1.29 is 38.8 Å². The van der Waals surface area contributed by atoms with Crippen molar-refractivity contribution in [3.8, 4) is 11.5 Å². The molecule has 8 heteroatoms. The maximum Gasteiger partial charge on any atom is 0.376 e. The van der Waals surface area contributed by atoms with Crippen LogP contribution < -0.4 is 9.47 Å². The number of carboxylic acid groups (broad SMARTS) is 1. The van der Waals surface area contributed by atoms with Gasteiger partial charge in [-0.15, -0.1) is 0 Å². The average Bonchev–Trinajstić information content (AvgIpc) is 2.96. The molecule has 0 radical (unpaired) electrons. The van der Waals surface area contributed by atoms with Gasteiger partial charge in [0.05, 0.1) is 0 Å². The number of aliphatic hydroxyl groups excluding tert-OH is 1. The lowest BCUT2D eigenvalue weighted by atomic mass is 10.1. The second-order valence-electron chi connectivity index (χ2n) is 8.36. The van der Waals surface area contributed by atoms with Gasteiger partial charge in [0, 0.05) is 17.2 Å². The largest absolute Gasteiger partial charge is 0.507 e. The van der Waals surface area contributed by atoms with Crippen LogP contribution in [0, 0.1) is 0 Å². The number of aliphatic carboxylic acids is 1. The van der Waals surface area contributed by atoms with E-state index in [9.17, 15) is 19.5 Å². The summed E-state index contributed by atoms with van der Waals surface area (Å²) in [7, 11) is 0. The highest BCUT2D eigenvalue weighted by Crippen LogP contribution is 2.20. The van der Waals surface area contributed by atoms with E-state index < -0.39 is 17.5 Å². The summed E-state index contributed by atoms with van der Waals surface area (Å²) in [5.74, 6) is -1.95. The van der Waals surface area contributed by atoms with Crippen molar-refractivity contribution in [1.82, 2.24) is 0 Å². The number of hydrogen-bond acceptors (Lipinski definition) is 6. The molecular formula is C32H29FO7. The standard InChI is InChI=1S/C17H14O5.C15H14O2.FH/c18-15(10-16(19)17(20)21)13-7-4-8-14(9-13)22-11-12-5-2-1-3-6-12;1-12(16)14-8-5-9-15(10-14)17-11-13-6-3-2-4-7-13;/h1-10,18H,11H2,(H,20,21);2-10H,11H2,1H3;1H. The fourth-order valence-corrected chi connectivity index (χ4v) is 3.30. The van der Waals surface area contributed by atoms with Crippen LogP contribution in [0.2, 0.25) is 0 Å². The minimum absolute atomic E-state index is 0. The van der Waals surface area contributed by atoms with E-state index in [1.807, 2.05) is 72.8 Å². The van der Waals surface area contributed by atoms with Gasteiger partial charge in [-0.3, -0.25) is 14.3 Å². The lowest BCUT2D eigenvalue weighted by molar-refractivity contribution is -0.146. The zero-order chi connectivity index (χ0) is 28.0. The van der Waals surface area contributed by atoms with E-state index in [1.165, 1.54) is 6.07 Å². The van der Waals surface area contributed by atoms with Crippen molar-refractivity contribution in [2.75, 3.05) is 0 Å². The molecule has 0 heterocycles. The van der Waals surface area contributed by atoms with Crippen molar-refractivity contribution in [1.29, 1.82) is 0 Å². The molecule has 0 bridgehead atoms. The van der Waals surface area contributed by atoms with Gasteiger partial charge >= 0.3 is 5.97 Å². The molecule has 2 N–H and O–H groups in total. The predicted molar refractivity (Wildman–Crippen MR) is 150 cm³/mol. The first-order chi connectivity index (χ1) is 18.8. The van der Waals surface area contributed by atoms with Gasteiger partial charge in [-0.1, -0.05) is 84.9 Å². The van der Waals surface area contributed by atoms with Crippen LogP contribution in [0.1, 0.15) is 34.0 Å². The molecule has 7 nitrogen and oxygen atoms in total. The lowest BCUT2D eigenvalue weighted by Gasteiger charge is -2.08. The van der Waals surface area contributed by atoms with E-state index in [4.69, 9.17) is 14.6 Å². The Morgan fingerprint density at radius 3 is 1.55 bits per heavy atom. The quantitative estimate of drug-likeness (QED) is 0.102. The van der Waals surface area contributed by atoms with Crippen LogP contribution in [0.3, 0.4) is 0 Å². The molecular weight excluding hydrogens is 515 g/mol. The van der Waals surface area contributed by atoms with Crippen LogP contribution in [0.4, 0.5) is 4.70 Å². The first-order valence-corrected chi connectivity index (χ1v) is 12.0. The summed E-state index contributed by atoms with van der Waals surface area (Å²) in [4.78, 5) is 32.7. The Morgan fingerprint density at radius 1 is 0.650 bits per heavy atom. The number of hydrogen-bond donors (Lipinski definition) is 2. The zero-order valence-electron chi connectivity index (χ0n) is 21.7. The number of Topliss-reactive ketones (excluding diaryl/α,β-unsaturated/α-hetero) is 1. The highest BCUT2D eigenvalue weighted by Gasteiger charge is 2.11. The molecule has 0 spiro atoms. The number of ketones is 2. The van der Waals surface area contributed by atoms with Gasteiger partial charge in [0.1, 0.15) is 30.5 Å². The van der Waals surface area contributed by atoms with Crippen LogP contribution in [0.25, 0.3) is 5.76 Å². The molecule has 0 aliphatic heterocycles. The first-order valence-electron chi connectivity index (χ1n) is 12.0. The third-order valence-electron chi connectivity index (χ3n) is 5.35. The number of ether oxygens (including phenoxy) is 2. The molecule has 0 atom stereocenters. The Labute approximate surface area is 231 Å². The maximum absolute atomic E-state index is 11.2. The van der Waals surface area contributed by atoms with Gasteiger partial charge in [-0.25, -0.2) is 4.79 Å². The molecule has 0 amide bonds. The van der Waals surface area contributed by atoms with Gasteiger partial charge in [0.15, 0.2) is 5.78 Å². The molecule has 4 aromatic rings. The molecule has 4 aromatic carbocycles. The topological polar surface area (TPSA) is 110 Å². The Morgan fingerprint density at radius 2 is 1.10 bits per heavy atom. The number of benzene rings is 4. The molecule has 4 rings (SSSR count). The SMILES string of the molecule is CC(=O)c1cccc(OCc2ccccc2)c1.F.O=C(O)C(=O)C=C(O)c1cccc(OCc2ccccc2)c1. The molecule has 0 saturated carbocycles. The third-order valence-corrected chi connectivity index (χ3v) is 5.35. The highest BCUT2D eigenvalue weighted by atomic mass is 19.0. The van der Waals surface area contributed by atoms with E-state index in [0.29, 0.717) is 36.2 Å². The summed E-state index contributed by atoms with van der Waals surface area (Å²) in [5.41, 5.74) is 3.09. The molecule has 0 aromatic heterocycles. The second kappa shape index (κ2) is 15.9. The minimum atomic E-state index is -1.62. The van der Waals surface area contributed by atoms with Gasteiger partial charge in [-0.2, -0.15) is 0 Å². The number of halogens is 1. The number of carboxylic acids is 1. The van der Waals surface area contributed by atoms with Gasteiger partial charge in [0.25, 0.3) is 5.78 Å². The molecule has 0 aliphatic carbocycles. The summed E-state index contributed by atoms with van der Waals surface area (Å²) in [6.07, 6.45) is 0.665. The van der Waals surface area contributed by atoms with E-state index in [1.54, 1.807) is 37.3 Å². The van der Waals surface area contributed by atoms with Crippen molar-refractivity contribution in [3.63, 3.8) is 0 Å². The molecule has 0 aliphatic rings. The second-order valence-corrected chi connectivity index (χ2v) is 8.36. The van der Waals surface area contributed by atoms with E-state index in [2.05, 4.69) is 0 Å². The number of rotatable bonds is 10. The fourth-order valence-electron chi connectivity index (χ4n) is 3.30. The number of carbonyl (C=O) groups excluding carboxylic acids is 2. The summed E-state index contributed by atoms with van der Waals surface area (Å²) in [6, 6.07) is 33.2. The molecule has 0 fully saturated rings. The Hall–Kier alpha value is -5.24. The van der Waals surface area contributed by atoms with E-state index >= 15 is 0 Å². The van der Waals surface area contributed by atoms with E-state index in [-0.39, 0.29) is 10.5 Å². The minimum Gasteiger partial charge on any atom is -0.507 e.